The molecule has 0 radical (unpaired) electrons. The van der Waals surface area contributed by atoms with E-state index in [-0.39, 0.29) is 24.5 Å². The summed E-state index contributed by atoms with van der Waals surface area (Å²) in [5.41, 5.74) is 0.361. The van der Waals surface area contributed by atoms with Gasteiger partial charge >= 0.3 is 5.69 Å². The zero-order valence-electron chi connectivity index (χ0n) is 17.1. The number of methoxy groups -OCH3 is 1. The first-order valence-electron chi connectivity index (χ1n) is 9.86. The Balaban J connectivity index is 1.56. The van der Waals surface area contributed by atoms with Crippen molar-refractivity contribution in [3.8, 4) is 17.1 Å². The second kappa shape index (κ2) is 8.03. The first-order valence-corrected chi connectivity index (χ1v) is 9.86. The number of nitrogens with zero attached hydrogens (tertiary/aromatic N) is 4. The Morgan fingerprint density at radius 1 is 0.938 bits per heavy atom. The van der Waals surface area contributed by atoms with Crippen molar-refractivity contribution in [3.63, 3.8) is 0 Å². The quantitative estimate of drug-likeness (QED) is 0.408. The molecule has 0 aliphatic carbocycles. The van der Waals surface area contributed by atoms with E-state index in [4.69, 9.17) is 13.7 Å². The summed E-state index contributed by atoms with van der Waals surface area (Å²) in [7, 11) is 1.59. The van der Waals surface area contributed by atoms with E-state index in [0.717, 1.165) is 10.1 Å². The van der Waals surface area contributed by atoms with Crippen LogP contribution in [0.3, 0.4) is 0 Å². The summed E-state index contributed by atoms with van der Waals surface area (Å²) in [6.45, 7) is 0.0391. The lowest BCUT2D eigenvalue weighted by Crippen LogP contribution is -2.40. The summed E-state index contributed by atoms with van der Waals surface area (Å²) in [5, 5.41) is 4.43. The Hall–Kier alpha value is -4.40. The fourth-order valence-corrected chi connectivity index (χ4v) is 3.53. The van der Waals surface area contributed by atoms with Crippen molar-refractivity contribution >= 4 is 10.9 Å². The second-order valence-corrected chi connectivity index (χ2v) is 7.10. The number of ether oxygens (including phenoxy) is 1. The van der Waals surface area contributed by atoms with Crippen LogP contribution in [0, 0.1) is 0 Å². The van der Waals surface area contributed by atoms with Gasteiger partial charge in [0.25, 0.3) is 5.56 Å². The van der Waals surface area contributed by atoms with Gasteiger partial charge in [-0.2, -0.15) is 4.98 Å². The molecule has 0 N–H and O–H groups in total. The van der Waals surface area contributed by atoms with Crippen LogP contribution in [0.4, 0.5) is 0 Å². The molecule has 9 nitrogen and oxygen atoms in total. The maximum Gasteiger partial charge on any atom is 0.332 e. The normalized spacial score (nSPS) is 11.2. The minimum absolute atomic E-state index is 0.0148. The van der Waals surface area contributed by atoms with Crippen molar-refractivity contribution in [2.24, 2.45) is 0 Å². The standard InChI is InChI=1S/C23H18N4O5/c1-30-16-10-8-15(9-11-16)21-24-20(32-25-21)14-26-19-7-3-2-6-18(19)22(28)27(23(26)29)13-17-5-4-12-31-17/h2-12H,13-14H2,1H3. The van der Waals surface area contributed by atoms with E-state index >= 15 is 0 Å². The molecule has 3 heterocycles. The molecule has 160 valence electrons. The lowest BCUT2D eigenvalue weighted by Gasteiger charge is -2.12. The van der Waals surface area contributed by atoms with E-state index in [1.54, 1.807) is 55.6 Å². The highest BCUT2D eigenvalue weighted by atomic mass is 16.5. The van der Waals surface area contributed by atoms with Crippen molar-refractivity contribution in [3.05, 3.63) is 99.4 Å². The van der Waals surface area contributed by atoms with E-state index < -0.39 is 5.69 Å². The molecule has 0 amide bonds. The van der Waals surface area contributed by atoms with Crippen LogP contribution in [0.25, 0.3) is 22.3 Å². The first kappa shape index (κ1) is 19.6. The SMILES string of the molecule is COc1ccc(-c2noc(Cn3c(=O)n(Cc4ccco4)c(=O)c4ccccc43)n2)cc1. The molecule has 3 aromatic heterocycles. The Morgan fingerprint density at radius 3 is 2.50 bits per heavy atom. The van der Waals surface area contributed by atoms with Crippen LogP contribution in [0.15, 0.2) is 85.5 Å². The van der Waals surface area contributed by atoms with E-state index in [9.17, 15) is 9.59 Å². The monoisotopic (exact) mass is 430 g/mol. The van der Waals surface area contributed by atoms with Gasteiger partial charge in [0, 0.05) is 5.56 Å². The van der Waals surface area contributed by atoms with Crippen LogP contribution in [-0.4, -0.2) is 26.4 Å². The molecule has 0 saturated heterocycles. The van der Waals surface area contributed by atoms with Crippen LogP contribution in [-0.2, 0) is 13.1 Å². The molecule has 9 heteroatoms. The summed E-state index contributed by atoms with van der Waals surface area (Å²) < 4.78 is 18.5. The number of rotatable bonds is 6. The maximum absolute atomic E-state index is 13.3. The van der Waals surface area contributed by atoms with Crippen molar-refractivity contribution in [2.75, 3.05) is 7.11 Å². The highest BCUT2D eigenvalue weighted by Gasteiger charge is 2.17. The predicted molar refractivity (Wildman–Crippen MR) is 116 cm³/mol. The molecule has 0 fully saturated rings. The van der Waals surface area contributed by atoms with Crippen LogP contribution in [0.2, 0.25) is 0 Å². The molecule has 2 aromatic carbocycles. The fraction of sp³-hybridized carbons (Fsp3) is 0.130. The summed E-state index contributed by atoms with van der Waals surface area (Å²) in [6.07, 6.45) is 1.50. The molecule has 0 bridgehead atoms. The average Bonchev–Trinajstić information content (AvgIpc) is 3.52. The van der Waals surface area contributed by atoms with Gasteiger partial charge in [-0.15, -0.1) is 0 Å². The van der Waals surface area contributed by atoms with Crippen molar-refractivity contribution in [1.82, 2.24) is 19.3 Å². The first-order chi connectivity index (χ1) is 15.6. The molecule has 0 atom stereocenters. The van der Waals surface area contributed by atoms with E-state index in [1.807, 2.05) is 12.1 Å². The molecular formula is C23H18N4O5. The third-order valence-electron chi connectivity index (χ3n) is 5.14. The van der Waals surface area contributed by atoms with E-state index in [1.165, 1.54) is 10.8 Å². The summed E-state index contributed by atoms with van der Waals surface area (Å²) in [6, 6.07) is 17.6. The third kappa shape index (κ3) is 3.49. The highest BCUT2D eigenvalue weighted by molar-refractivity contribution is 5.77. The van der Waals surface area contributed by atoms with Gasteiger partial charge in [0.2, 0.25) is 11.7 Å². The van der Waals surface area contributed by atoms with Crippen molar-refractivity contribution in [1.29, 1.82) is 0 Å². The second-order valence-electron chi connectivity index (χ2n) is 7.10. The van der Waals surface area contributed by atoms with Gasteiger partial charge in [-0.1, -0.05) is 17.3 Å². The van der Waals surface area contributed by atoms with Gasteiger partial charge in [0.05, 0.1) is 30.8 Å². The van der Waals surface area contributed by atoms with Gasteiger partial charge in [0.15, 0.2) is 0 Å². The number of fused-ring (bicyclic) bond motifs is 1. The number of furan rings is 1. The number of benzene rings is 2. The average molecular weight is 430 g/mol. The summed E-state index contributed by atoms with van der Waals surface area (Å²) in [4.78, 5) is 30.7. The maximum atomic E-state index is 13.3. The lowest BCUT2D eigenvalue weighted by molar-refractivity contribution is 0.369. The van der Waals surface area contributed by atoms with Gasteiger partial charge in [-0.25, -0.2) is 4.79 Å². The van der Waals surface area contributed by atoms with Crippen molar-refractivity contribution < 1.29 is 13.7 Å². The predicted octanol–water partition coefficient (Wildman–Crippen LogP) is 2.91. The third-order valence-corrected chi connectivity index (χ3v) is 5.14. The molecule has 0 aliphatic heterocycles. The summed E-state index contributed by atoms with van der Waals surface area (Å²) >= 11 is 0. The molecule has 0 unspecified atom stereocenters. The summed E-state index contributed by atoms with van der Waals surface area (Å²) in [5.74, 6) is 1.86. The fourth-order valence-electron chi connectivity index (χ4n) is 3.53. The Bertz CT molecular complexity index is 1490. The van der Waals surface area contributed by atoms with Gasteiger partial charge in [-0.3, -0.25) is 13.9 Å². The molecule has 5 aromatic rings. The number of hydrogen-bond acceptors (Lipinski definition) is 7. The molecular weight excluding hydrogens is 412 g/mol. The van der Waals surface area contributed by atoms with Crippen molar-refractivity contribution in [2.45, 2.75) is 13.1 Å². The zero-order valence-corrected chi connectivity index (χ0v) is 17.1. The van der Waals surface area contributed by atoms with E-state index in [2.05, 4.69) is 10.1 Å². The van der Waals surface area contributed by atoms with Crippen LogP contribution in [0.5, 0.6) is 5.75 Å². The Labute approximate surface area is 181 Å². The minimum Gasteiger partial charge on any atom is -0.497 e. The minimum atomic E-state index is -0.491. The van der Waals surface area contributed by atoms with E-state index in [0.29, 0.717) is 28.2 Å². The van der Waals surface area contributed by atoms with Gasteiger partial charge in [0.1, 0.15) is 18.1 Å². The highest BCUT2D eigenvalue weighted by Crippen LogP contribution is 2.20. The molecule has 0 saturated carbocycles. The number of hydrogen-bond donors (Lipinski definition) is 0. The smallest absolute Gasteiger partial charge is 0.332 e. The van der Waals surface area contributed by atoms with Gasteiger partial charge < -0.3 is 13.7 Å². The molecule has 5 rings (SSSR count). The molecule has 0 aliphatic rings. The van der Waals surface area contributed by atoms with Crippen LogP contribution >= 0.6 is 0 Å². The zero-order chi connectivity index (χ0) is 22.1. The Kier molecular flexibility index (Phi) is 4.91. The largest absolute Gasteiger partial charge is 0.497 e. The molecule has 0 spiro atoms. The van der Waals surface area contributed by atoms with Gasteiger partial charge in [-0.05, 0) is 48.5 Å². The lowest BCUT2D eigenvalue weighted by atomic mass is 10.2. The Morgan fingerprint density at radius 2 is 1.75 bits per heavy atom. The number of aromatic nitrogens is 4. The van der Waals surface area contributed by atoms with Crippen LogP contribution in [0.1, 0.15) is 11.7 Å². The number of para-hydroxylation sites is 1. The topological polar surface area (TPSA) is 105 Å². The van der Waals surface area contributed by atoms with Crippen LogP contribution < -0.4 is 16.0 Å². The molecule has 32 heavy (non-hydrogen) atoms.